The summed E-state index contributed by atoms with van der Waals surface area (Å²) >= 11 is 0. The summed E-state index contributed by atoms with van der Waals surface area (Å²) < 4.78 is 36.4. The number of alkyl halides is 3. The van der Waals surface area contributed by atoms with Crippen LogP contribution in [0.2, 0.25) is 0 Å². The van der Waals surface area contributed by atoms with E-state index in [1.165, 1.54) is 0 Å². The van der Waals surface area contributed by atoms with Gasteiger partial charge in [0.25, 0.3) is 0 Å². The Kier molecular flexibility index (Phi) is 5.80. The fourth-order valence-electron chi connectivity index (χ4n) is 2.18. The van der Waals surface area contributed by atoms with Crippen LogP contribution in [0.3, 0.4) is 0 Å². The molecule has 0 unspecified atom stereocenters. The van der Waals surface area contributed by atoms with Crippen molar-refractivity contribution < 1.29 is 18.3 Å². The van der Waals surface area contributed by atoms with Gasteiger partial charge in [0.05, 0.1) is 5.60 Å². The molecule has 0 aromatic heterocycles. The van der Waals surface area contributed by atoms with E-state index in [0.717, 1.165) is 0 Å². The summed E-state index contributed by atoms with van der Waals surface area (Å²) in [6, 6.07) is 0. The molecule has 0 radical (unpaired) electrons. The summed E-state index contributed by atoms with van der Waals surface area (Å²) in [6.07, 6.45) is -4.40. The van der Waals surface area contributed by atoms with Crippen molar-refractivity contribution in [1.29, 1.82) is 0 Å². The second kappa shape index (κ2) is 5.89. The first kappa shape index (κ1) is 15.8. The summed E-state index contributed by atoms with van der Waals surface area (Å²) in [5.74, 6) is 0.411. The third kappa shape index (κ3) is 7.97. The van der Waals surface area contributed by atoms with Crippen molar-refractivity contribution >= 4 is 0 Å². The van der Waals surface area contributed by atoms with Crippen molar-refractivity contribution in [2.24, 2.45) is 11.8 Å². The molecule has 0 aliphatic rings. The van der Waals surface area contributed by atoms with Gasteiger partial charge in [0.2, 0.25) is 0 Å². The zero-order valence-electron chi connectivity index (χ0n) is 10.6. The summed E-state index contributed by atoms with van der Waals surface area (Å²) in [5.41, 5.74) is -1.17. The standard InChI is InChI=1S/C12H23F3O/c1-9(2)7-11(16,8-10(3)4)5-6-12(13,14)15/h9-10,16H,5-8H2,1-4H3. The lowest BCUT2D eigenvalue weighted by Gasteiger charge is -2.32. The van der Waals surface area contributed by atoms with Gasteiger partial charge in [-0.25, -0.2) is 0 Å². The molecule has 0 fully saturated rings. The van der Waals surface area contributed by atoms with Crippen molar-refractivity contribution in [3.05, 3.63) is 0 Å². The average molecular weight is 240 g/mol. The van der Waals surface area contributed by atoms with Crippen LogP contribution in [0.5, 0.6) is 0 Å². The molecule has 0 rings (SSSR count). The van der Waals surface area contributed by atoms with Crippen molar-refractivity contribution in [3.8, 4) is 0 Å². The van der Waals surface area contributed by atoms with E-state index in [1.54, 1.807) is 0 Å². The Morgan fingerprint density at radius 2 is 1.25 bits per heavy atom. The fourth-order valence-corrected chi connectivity index (χ4v) is 2.18. The smallest absolute Gasteiger partial charge is 0.389 e. The molecule has 98 valence electrons. The molecule has 16 heavy (non-hydrogen) atoms. The molecular formula is C12H23F3O. The zero-order valence-corrected chi connectivity index (χ0v) is 10.6. The molecule has 0 saturated heterocycles. The van der Waals surface area contributed by atoms with Crippen LogP contribution in [0.1, 0.15) is 53.4 Å². The predicted octanol–water partition coefficient (Wildman–Crippen LogP) is 4.15. The van der Waals surface area contributed by atoms with Gasteiger partial charge in [-0.05, 0) is 31.1 Å². The Morgan fingerprint density at radius 1 is 0.875 bits per heavy atom. The molecule has 4 heteroatoms. The molecule has 0 aliphatic heterocycles. The first-order valence-electron chi connectivity index (χ1n) is 5.83. The highest BCUT2D eigenvalue weighted by atomic mass is 19.4. The van der Waals surface area contributed by atoms with Gasteiger partial charge in [0, 0.05) is 6.42 Å². The second-order valence-corrected chi connectivity index (χ2v) is 5.54. The lowest BCUT2D eigenvalue weighted by molar-refractivity contribution is -0.149. The van der Waals surface area contributed by atoms with Crippen LogP contribution in [0.25, 0.3) is 0 Å². The number of halogens is 3. The molecule has 0 spiro atoms. The minimum atomic E-state index is -4.18. The molecule has 1 nitrogen and oxygen atoms in total. The first-order valence-corrected chi connectivity index (χ1v) is 5.83. The number of aliphatic hydroxyl groups is 1. The van der Waals surface area contributed by atoms with Crippen LogP contribution in [0, 0.1) is 11.8 Å². The molecule has 0 aliphatic carbocycles. The molecule has 0 atom stereocenters. The zero-order chi connectivity index (χ0) is 13.0. The van der Waals surface area contributed by atoms with Gasteiger partial charge in [-0.3, -0.25) is 0 Å². The van der Waals surface area contributed by atoms with Crippen LogP contribution in [-0.4, -0.2) is 16.9 Å². The number of rotatable bonds is 6. The van der Waals surface area contributed by atoms with Crippen molar-refractivity contribution in [3.63, 3.8) is 0 Å². The SMILES string of the molecule is CC(C)CC(O)(CCC(F)(F)F)CC(C)C. The Balaban J connectivity index is 4.41. The van der Waals surface area contributed by atoms with Gasteiger partial charge in [0.15, 0.2) is 0 Å². The number of hydrogen-bond donors (Lipinski definition) is 1. The fraction of sp³-hybridized carbons (Fsp3) is 1.00. The highest BCUT2D eigenvalue weighted by molar-refractivity contribution is 4.82. The highest BCUT2D eigenvalue weighted by Gasteiger charge is 2.35. The molecule has 0 amide bonds. The topological polar surface area (TPSA) is 20.2 Å². The first-order chi connectivity index (χ1) is 7.04. The van der Waals surface area contributed by atoms with Crippen molar-refractivity contribution in [2.75, 3.05) is 0 Å². The van der Waals surface area contributed by atoms with Gasteiger partial charge in [-0.1, -0.05) is 27.7 Å². The Bertz CT molecular complexity index is 187. The summed E-state index contributed by atoms with van der Waals surface area (Å²) in [5, 5.41) is 10.2. The van der Waals surface area contributed by atoms with Gasteiger partial charge < -0.3 is 5.11 Å². The normalized spacial score (nSPS) is 13.9. The van der Waals surface area contributed by atoms with Gasteiger partial charge >= 0.3 is 6.18 Å². The molecule has 0 saturated carbocycles. The van der Waals surface area contributed by atoms with Gasteiger partial charge in [-0.15, -0.1) is 0 Å². The van der Waals surface area contributed by atoms with E-state index in [2.05, 4.69) is 0 Å². The third-order valence-corrected chi connectivity index (χ3v) is 2.45. The van der Waals surface area contributed by atoms with Crippen LogP contribution >= 0.6 is 0 Å². The van der Waals surface area contributed by atoms with E-state index in [9.17, 15) is 18.3 Å². The van der Waals surface area contributed by atoms with E-state index in [0.29, 0.717) is 12.8 Å². The highest BCUT2D eigenvalue weighted by Crippen LogP contribution is 2.33. The van der Waals surface area contributed by atoms with E-state index in [4.69, 9.17) is 0 Å². The van der Waals surface area contributed by atoms with E-state index < -0.39 is 18.2 Å². The number of hydrogen-bond acceptors (Lipinski definition) is 1. The Hall–Kier alpha value is -0.250. The molecule has 1 N–H and O–H groups in total. The molecular weight excluding hydrogens is 217 g/mol. The quantitative estimate of drug-likeness (QED) is 0.739. The lowest BCUT2D eigenvalue weighted by Crippen LogP contribution is -2.34. The van der Waals surface area contributed by atoms with Crippen LogP contribution in [0.15, 0.2) is 0 Å². The maximum Gasteiger partial charge on any atom is 0.389 e. The van der Waals surface area contributed by atoms with Crippen LogP contribution in [-0.2, 0) is 0 Å². The summed E-state index contributed by atoms with van der Waals surface area (Å²) in [6.45, 7) is 7.66. The maximum atomic E-state index is 12.1. The minimum absolute atomic E-state index is 0.188. The molecule has 0 heterocycles. The lowest BCUT2D eigenvalue weighted by atomic mass is 9.82. The molecule has 0 aromatic rings. The monoisotopic (exact) mass is 240 g/mol. The third-order valence-electron chi connectivity index (χ3n) is 2.45. The Labute approximate surface area is 96.0 Å². The summed E-state index contributed by atoms with van der Waals surface area (Å²) in [4.78, 5) is 0. The predicted molar refractivity (Wildman–Crippen MR) is 59.1 cm³/mol. The van der Waals surface area contributed by atoms with Gasteiger partial charge in [0.1, 0.15) is 0 Å². The maximum absolute atomic E-state index is 12.1. The van der Waals surface area contributed by atoms with E-state index >= 15 is 0 Å². The minimum Gasteiger partial charge on any atom is -0.390 e. The van der Waals surface area contributed by atoms with E-state index in [1.807, 2.05) is 27.7 Å². The Morgan fingerprint density at radius 3 is 1.50 bits per heavy atom. The second-order valence-electron chi connectivity index (χ2n) is 5.54. The van der Waals surface area contributed by atoms with E-state index in [-0.39, 0.29) is 18.3 Å². The van der Waals surface area contributed by atoms with Crippen LogP contribution in [0.4, 0.5) is 13.2 Å². The van der Waals surface area contributed by atoms with Gasteiger partial charge in [-0.2, -0.15) is 13.2 Å². The molecule has 0 aromatic carbocycles. The average Bonchev–Trinajstić information content (AvgIpc) is 1.96. The van der Waals surface area contributed by atoms with Crippen molar-refractivity contribution in [2.45, 2.75) is 65.2 Å². The summed E-state index contributed by atoms with van der Waals surface area (Å²) in [7, 11) is 0. The largest absolute Gasteiger partial charge is 0.390 e. The van der Waals surface area contributed by atoms with Crippen molar-refractivity contribution in [1.82, 2.24) is 0 Å². The molecule has 0 bridgehead atoms. The van der Waals surface area contributed by atoms with Crippen LogP contribution < -0.4 is 0 Å².